The molecule has 0 aromatic heterocycles. The number of para-hydroxylation sites is 1. The maximum atomic E-state index is 12.1. The first-order valence-corrected chi connectivity index (χ1v) is 8.21. The Hall–Kier alpha value is -1.04. The first-order valence-electron chi connectivity index (χ1n) is 6.99. The van der Waals surface area contributed by atoms with Gasteiger partial charge in [0, 0.05) is 18.0 Å². The molecule has 5 heteroatoms. The van der Waals surface area contributed by atoms with Crippen LogP contribution in [0.2, 0.25) is 0 Å². The van der Waals surface area contributed by atoms with Gasteiger partial charge in [-0.15, -0.1) is 11.8 Å². The predicted molar refractivity (Wildman–Crippen MR) is 83.1 cm³/mol. The van der Waals surface area contributed by atoms with Crippen LogP contribution in [0.1, 0.15) is 12.8 Å². The Morgan fingerprint density at radius 2 is 2.30 bits per heavy atom. The number of rotatable bonds is 5. The summed E-state index contributed by atoms with van der Waals surface area (Å²) in [6.07, 6.45) is 4.12. The van der Waals surface area contributed by atoms with Crippen LogP contribution in [0, 0.1) is 5.92 Å². The first-order chi connectivity index (χ1) is 9.72. The van der Waals surface area contributed by atoms with Gasteiger partial charge in [-0.1, -0.05) is 12.1 Å². The zero-order valence-electron chi connectivity index (χ0n) is 11.8. The Bertz CT molecular complexity index is 453. The Morgan fingerprint density at radius 3 is 3.05 bits per heavy atom. The zero-order valence-corrected chi connectivity index (χ0v) is 12.7. The third-order valence-electron chi connectivity index (χ3n) is 3.61. The van der Waals surface area contributed by atoms with Crippen LogP contribution in [0.4, 0.5) is 5.69 Å². The standard InChI is InChI=1S/C15H22N2O2S/c1-20-14-7-3-2-6-13(14)16-15(19)10-17-8-4-5-12(9-17)11-18/h2-3,6-7,12,18H,4-5,8-11H2,1H3,(H,16,19). The van der Waals surface area contributed by atoms with E-state index in [1.54, 1.807) is 11.8 Å². The SMILES string of the molecule is CSc1ccccc1NC(=O)CN1CCCC(CO)C1. The van der Waals surface area contributed by atoms with Crippen LogP contribution in [0.25, 0.3) is 0 Å². The van der Waals surface area contributed by atoms with Gasteiger partial charge in [-0.3, -0.25) is 9.69 Å². The first kappa shape index (κ1) is 15.4. The number of thioether (sulfide) groups is 1. The highest BCUT2D eigenvalue weighted by molar-refractivity contribution is 7.98. The summed E-state index contributed by atoms with van der Waals surface area (Å²) >= 11 is 1.63. The number of hydrogen-bond donors (Lipinski definition) is 2. The maximum Gasteiger partial charge on any atom is 0.238 e. The van der Waals surface area contributed by atoms with Crippen LogP contribution in [0.3, 0.4) is 0 Å². The predicted octanol–water partition coefficient (Wildman–Crippen LogP) is 2.05. The molecule has 1 saturated heterocycles. The molecule has 2 rings (SSSR count). The molecular formula is C15H22N2O2S. The molecule has 0 bridgehead atoms. The van der Waals surface area contributed by atoms with Crippen LogP contribution >= 0.6 is 11.8 Å². The molecule has 20 heavy (non-hydrogen) atoms. The van der Waals surface area contributed by atoms with E-state index < -0.39 is 0 Å². The molecule has 4 nitrogen and oxygen atoms in total. The van der Waals surface area contributed by atoms with Gasteiger partial charge in [-0.25, -0.2) is 0 Å². The number of hydrogen-bond acceptors (Lipinski definition) is 4. The molecule has 1 aromatic rings. The lowest BCUT2D eigenvalue weighted by atomic mass is 9.99. The molecule has 1 fully saturated rings. The highest BCUT2D eigenvalue weighted by Crippen LogP contribution is 2.24. The molecule has 1 amide bonds. The Kier molecular flexibility index (Phi) is 5.88. The van der Waals surface area contributed by atoms with Gasteiger partial charge in [0.15, 0.2) is 0 Å². The highest BCUT2D eigenvalue weighted by Gasteiger charge is 2.21. The minimum absolute atomic E-state index is 0.0186. The van der Waals surface area contributed by atoms with E-state index >= 15 is 0 Å². The topological polar surface area (TPSA) is 52.6 Å². The molecule has 1 aromatic carbocycles. The molecule has 0 saturated carbocycles. The van der Waals surface area contributed by atoms with Crippen molar-refractivity contribution in [3.8, 4) is 0 Å². The van der Waals surface area contributed by atoms with E-state index in [-0.39, 0.29) is 12.5 Å². The van der Waals surface area contributed by atoms with Crippen molar-refractivity contribution in [2.45, 2.75) is 17.7 Å². The minimum Gasteiger partial charge on any atom is -0.396 e. The number of benzene rings is 1. The molecule has 1 heterocycles. The number of aliphatic hydroxyl groups is 1. The lowest BCUT2D eigenvalue weighted by Crippen LogP contribution is -2.41. The molecule has 0 radical (unpaired) electrons. The van der Waals surface area contributed by atoms with Crippen molar-refractivity contribution in [2.24, 2.45) is 5.92 Å². The summed E-state index contributed by atoms with van der Waals surface area (Å²) in [5, 5.41) is 12.2. The summed E-state index contributed by atoms with van der Waals surface area (Å²) in [7, 11) is 0. The zero-order chi connectivity index (χ0) is 14.4. The number of nitrogens with zero attached hydrogens (tertiary/aromatic N) is 1. The average Bonchev–Trinajstić information content (AvgIpc) is 2.48. The van der Waals surface area contributed by atoms with E-state index in [0.717, 1.165) is 36.5 Å². The van der Waals surface area contributed by atoms with E-state index in [1.165, 1.54) is 0 Å². The van der Waals surface area contributed by atoms with E-state index in [0.29, 0.717) is 12.5 Å². The van der Waals surface area contributed by atoms with E-state index in [2.05, 4.69) is 10.2 Å². The molecule has 1 aliphatic rings. The minimum atomic E-state index is 0.0186. The summed E-state index contributed by atoms with van der Waals surface area (Å²) in [6, 6.07) is 7.83. The lowest BCUT2D eigenvalue weighted by molar-refractivity contribution is -0.117. The van der Waals surface area contributed by atoms with Crippen LogP contribution < -0.4 is 5.32 Å². The summed E-state index contributed by atoms with van der Waals surface area (Å²) in [5.41, 5.74) is 0.876. The third kappa shape index (κ3) is 4.23. The second kappa shape index (κ2) is 7.67. The van der Waals surface area contributed by atoms with Gasteiger partial charge < -0.3 is 10.4 Å². The van der Waals surface area contributed by atoms with Crippen molar-refractivity contribution >= 4 is 23.4 Å². The normalized spacial score (nSPS) is 19.8. The van der Waals surface area contributed by atoms with Crippen molar-refractivity contribution in [3.05, 3.63) is 24.3 Å². The summed E-state index contributed by atoms with van der Waals surface area (Å²) in [4.78, 5) is 15.3. The number of amides is 1. The number of anilines is 1. The highest BCUT2D eigenvalue weighted by atomic mass is 32.2. The molecule has 1 aliphatic heterocycles. The third-order valence-corrected chi connectivity index (χ3v) is 4.41. The van der Waals surface area contributed by atoms with Crippen LogP contribution in [-0.2, 0) is 4.79 Å². The molecule has 0 spiro atoms. The molecular weight excluding hydrogens is 272 g/mol. The van der Waals surface area contributed by atoms with Crippen LogP contribution in [-0.4, -0.2) is 48.4 Å². The lowest BCUT2D eigenvalue weighted by Gasteiger charge is -2.31. The number of piperidine rings is 1. The number of aliphatic hydroxyl groups excluding tert-OH is 1. The van der Waals surface area contributed by atoms with Crippen molar-refractivity contribution in [1.82, 2.24) is 4.90 Å². The molecule has 0 aliphatic carbocycles. The van der Waals surface area contributed by atoms with Crippen molar-refractivity contribution < 1.29 is 9.90 Å². The van der Waals surface area contributed by atoms with E-state index in [4.69, 9.17) is 0 Å². The average molecular weight is 294 g/mol. The second-order valence-corrected chi connectivity index (χ2v) is 6.02. The number of carbonyl (C=O) groups excluding carboxylic acids is 1. The smallest absolute Gasteiger partial charge is 0.238 e. The fraction of sp³-hybridized carbons (Fsp3) is 0.533. The molecule has 110 valence electrons. The van der Waals surface area contributed by atoms with Crippen molar-refractivity contribution in [2.75, 3.05) is 37.8 Å². The fourth-order valence-electron chi connectivity index (χ4n) is 2.58. The molecule has 2 N–H and O–H groups in total. The number of nitrogens with one attached hydrogen (secondary N) is 1. The van der Waals surface area contributed by atoms with Gasteiger partial charge in [0.2, 0.25) is 5.91 Å². The number of carbonyl (C=O) groups is 1. The Labute approximate surface area is 124 Å². The molecule has 1 atom stereocenters. The van der Waals surface area contributed by atoms with Gasteiger partial charge in [0.1, 0.15) is 0 Å². The summed E-state index contributed by atoms with van der Waals surface area (Å²) in [5.74, 6) is 0.333. The quantitative estimate of drug-likeness (QED) is 0.816. The van der Waals surface area contributed by atoms with Gasteiger partial charge in [-0.05, 0) is 43.7 Å². The van der Waals surface area contributed by atoms with Crippen LogP contribution in [0.5, 0.6) is 0 Å². The van der Waals surface area contributed by atoms with Gasteiger partial charge >= 0.3 is 0 Å². The van der Waals surface area contributed by atoms with Gasteiger partial charge in [-0.2, -0.15) is 0 Å². The van der Waals surface area contributed by atoms with E-state index in [1.807, 2.05) is 30.5 Å². The number of likely N-dealkylation sites (tertiary alicyclic amines) is 1. The monoisotopic (exact) mass is 294 g/mol. The van der Waals surface area contributed by atoms with Crippen molar-refractivity contribution in [1.29, 1.82) is 0 Å². The van der Waals surface area contributed by atoms with Gasteiger partial charge in [0.05, 0.1) is 12.2 Å². The Balaban J connectivity index is 1.89. The summed E-state index contributed by atoms with van der Waals surface area (Å²) in [6.45, 7) is 2.37. The van der Waals surface area contributed by atoms with E-state index in [9.17, 15) is 9.90 Å². The van der Waals surface area contributed by atoms with Gasteiger partial charge in [0.25, 0.3) is 0 Å². The van der Waals surface area contributed by atoms with Crippen molar-refractivity contribution in [3.63, 3.8) is 0 Å². The fourth-order valence-corrected chi connectivity index (χ4v) is 3.14. The Morgan fingerprint density at radius 1 is 1.50 bits per heavy atom. The largest absolute Gasteiger partial charge is 0.396 e. The van der Waals surface area contributed by atoms with Crippen LogP contribution in [0.15, 0.2) is 29.2 Å². The molecule has 1 unspecified atom stereocenters. The summed E-state index contributed by atoms with van der Waals surface area (Å²) < 4.78 is 0. The maximum absolute atomic E-state index is 12.1. The second-order valence-electron chi connectivity index (χ2n) is 5.17.